The Labute approximate surface area is 118 Å². The lowest BCUT2D eigenvalue weighted by Crippen LogP contribution is -2.54. The van der Waals surface area contributed by atoms with Gasteiger partial charge in [-0.15, -0.1) is 11.3 Å². The van der Waals surface area contributed by atoms with E-state index >= 15 is 0 Å². The fraction of sp³-hybridized carbons (Fsp3) is 0.692. The normalized spacial score (nSPS) is 22.0. The van der Waals surface area contributed by atoms with Gasteiger partial charge >= 0.3 is 0 Å². The number of likely N-dealkylation sites (tertiary alicyclic amines) is 1. The molecule has 0 amide bonds. The van der Waals surface area contributed by atoms with Crippen molar-refractivity contribution in [2.75, 3.05) is 13.1 Å². The van der Waals surface area contributed by atoms with Gasteiger partial charge in [0.15, 0.2) is 0 Å². The van der Waals surface area contributed by atoms with Crippen LogP contribution in [-0.2, 0) is 0 Å². The summed E-state index contributed by atoms with van der Waals surface area (Å²) in [7, 11) is 0. The Morgan fingerprint density at radius 1 is 1.56 bits per heavy atom. The second-order valence-electron chi connectivity index (χ2n) is 5.14. The van der Waals surface area contributed by atoms with Crippen LogP contribution in [0.15, 0.2) is 11.4 Å². The molecule has 0 bridgehead atoms. The molecular weight excluding hydrogens is 266 g/mol. The molecule has 1 saturated heterocycles. The summed E-state index contributed by atoms with van der Waals surface area (Å²) in [6, 6.07) is 2.04. The van der Waals surface area contributed by atoms with Crippen molar-refractivity contribution in [3.8, 4) is 0 Å². The van der Waals surface area contributed by atoms with E-state index in [1.807, 2.05) is 11.4 Å². The van der Waals surface area contributed by atoms with Crippen molar-refractivity contribution in [3.05, 3.63) is 21.3 Å². The van der Waals surface area contributed by atoms with Crippen LogP contribution < -0.4 is 11.3 Å². The van der Waals surface area contributed by atoms with Crippen molar-refractivity contribution < 1.29 is 0 Å². The largest absolute Gasteiger partial charge is 0.296 e. The van der Waals surface area contributed by atoms with Gasteiger partial charge in [0.05, 0.1) is 11.1 Å². The fourth-order valence-corrected chi connectivity index (χ4v) is 4.26. The van der Waals surface area contributed by atoms with E-state index in [2.05, 4.69) is 24.2 Å². The van der Waals surface area contributed by atoms with Gasteiger partial charge in [-0.1, -0.05) is 18.5 Å². The number of rotatable bonds is 5. The first-order valence-corrected chi connectivity index (χ1v) is 7.83. The smallest absolute Gasteiger partial charge is 0.0748 e. The molecule has 1 aliphatic rings. The lowest BCUT2D eigenvalue weighted by Gasteiger charge is -2.44. The van der Waals surface area contributed by atoms with Gasteiger partial charge in [-0.3, -0.25) is 16.2 Å². The number of hydrogen-bond donors (Lipinski definition) is 2. The van der Waals surface area contributed by atoms with Crippen molar-refractivity contribution in [3.63, 3.8) is 0 Å². The van der Waals surface area contributed by atoms with Gasteiger partial charge in [-0.05, 0) is 50.7 Å². The number of nitrogens with zero attached hydrogens (tertiary/aromatic N) is 1. The molecule has 0 saturated carbocycles. The van der Waals surface area contributed by atoms with E-state index in [1.165, 1.54) is 12.8 Å². The summed E-state index contributed by atoms with van der Waals surface area (Å²) < 4.78 is 0. The lowest BCUT2D eigenvalue weighted by atomic mass is 9.86. The number of hydrogen-bond acceptors (Lipinski definition) is 4. The topological polar surface area (TPSA) is 41.3 Å². The highest BCUT2D eigenvalue weighted by Gasteiger charge is 2.41. The third-order valence-electron chi connectivity index (χ3n) is 4.24. The average molecular weight is 288 g/mol. The first kappa shape index (κ1) is 14.3. The molecular formula is C13H22ClN3S. The Bertz CT molecular complexity index is 389. The molecule has 1 aromatic heterocycles. The van der Waals surface area contributed by atoms with Crippen LogP contribution >= 0.6 is 22.9 Å². The summed E-state index contributed by atoms with van der Waals surface area (Å²) in [6.07, 6.45) is 3.62. The van der Waals surface area contributed by atoms with E-state index in [0.29, 0.717) is 0 Å². The fourth-order valence-electron chi connectivity index (χ4n) is 2.89. The quantitative estimate of drug-likeness (QED) is 0.646. The summed E-state index contributed by atoms with van der Waals surface area (Å²) in [6.45, 7) is 6.83. The monoisotopic (exact) mass is 287 g/mol. The number of hydrazine groups is 1. The highest BCUT2D eigenvalue weighted by molar-refractivity contribution is 7.10. The van der Waals surface area contributed by atoms with Crippen LogP contribution in [0.5, 0.6) is 0 Å². The first-order valence-electron chi connectivity index (χ1n) is 6.57. The van der Waals surface area contributed by atoms with Gasteiger partial charge in [0.1, 0.15) is 0 Å². The number of nitrogens with two attached hydrogens (primary N) is 1. The van der Waals surface area contributed by atoms with E-state index in [0.717, 1.165) is 29.4 Å². The van der Waals surface area contributed by atoms with E-state index < -0.39 is 0 Å². The molecule has 2 rings (SSSR count). The van der Waals surface area contributed by atoms with Crippen molar-refractivity contribution in [1.82, 2.24) is 10.3 Å². The van der Waals surface area contributed by atoms with Crippen LogP contribution in [0.3, 0.4) is 0 Å². The highest BCUT2D eigenvalue weighted by Crippen LogP contribution is 2.40. The Balaban J connectivity index is 2.31. The molecule has 2 heterocycles. The molecule has 3 nitrogen and oxygen atoms in total. The standard InChI is InChI=1S/C13H22ClN3S/c1-3-13(2,17-7-4-5-8-17)12(16-15)11-10(14)6-9-18-11/h6,9,12,16H,3-5,7-8,15H2,1-2H3. The van der Waals surface area contributed by atoms with Crippen molar-refractivity contribution in [2.24, 2.45) is 5.84 Å². The summed E-state index contributed by atoms with van der Waals surface area (Å²) >= 11 is 7.96. The predicted octanol–water partition coefficient (Wildman–Crippen LogP) is 3.17. The van der Waals surface area contributed by atoms with Crippen molar-refractivity contribution in [1.29, 1.82) is 0 Å². The van der Waals surface area contributed by atoms with Gasteiger partial charge in [-0.2, -0.15) is 0 Å². The van der Waals surface area contributed by atoms with Gasteiger partial charge in [0.25, 0.3) is 0 Å². The van der Waals surface area contributed by atoms with E-state index in [9.17, 15) is 0 Å². The summed E-state index contributed by atoms with van der Waals surface area (Å²) in [5.41, 5.74) is 3.03. The summed E-state index contributed by atoms with van der Waals surface area (Å²) in [4.78, 5) is 3.70. The zero-order chi connectivity index (χ0) is 13.2. The molecule has 1 aromatic rings. The minimum Gasteiger partial charge on any atom is -0.296 e. The molecule has 1 fully saturated rings. The Hall–Kier alpha value is -0.130. The number of nitrogens with one attached hydrogen (secondary N) is 1. The van der Waals surface area contributed by atoms with Gasteiger partial charge in [0.2, 0.25) is 0 Å². The molecule has 18 heavy (non-hydrogen) atoms. The summed E-state index contributed by atoms with van der Waals surface area (Å²) in [5.74, 6) is 5.83. The van der Waals surface area contributed by atoms with E-state index in [4.69, 9.17) is 17.4 Å². The van der Waals surface area contributed by atoms with Gasteiger partial charge < -0.3 is 0 Å². The van der Waals surface area contributed by atoms with Gasteiger partial charge in [-0.25, -0.2) is 0 Å². The minimum atomic E-state index is 0.0275. The predicted molar refractivity (Wildman–Crippen MR) is 78.9 cm³/mol. The second kappa shape index (κ2) is 5.88. The maximum Gasteiger partial charge on any atom is 0.0748 e. The Kier molecular flexibility index (Phi) is 4.67. The molecule has 3 N–H and O–H groups in total. The molecule has 2 atom stereocenters. The van der Waals surface area contributed by atoms with Gasteiger partial charge in [0, 0.05) is 10.4 Å². The zero-order valence-electron chi connectivity index (χ0n) is 11.1. The molecule has 102 valence electrons. The third-order valence-corrected chi connectivity index (χ3v) is 5.66. The highest BCUT2D eigenvalue weighted by atomic mass is 35.5. The van der Waals surface area contributed by atoms with Crippen molar-refractivity contribution >= 4 is 22.9 Å². The maximum atomic E-state index is 6.28. The van der Waals surface area contributed by atoms with Crippen LogP contribution in [-0.4, -0.2) is 23.5 Å². The first-order chi connectivity index (χ1) is 8.63. The van der Waals surface area contributed by atoms with Crippen LogP contribution in [0.1, 0.15) is 44.0 Å². The van der Waals surface area contributed by atoms with Crippen molar-refractivity contribution in [2.45, 2.75) is 44.7 Å². The van der Waals surface area contributed by atoms with Crippen LogP contribution in [0.4, 0.5) is 0 Å². The minimum absolute atomic E-state index is 0.0275. The number of thiophene rings is 1. The van der Waals surface area contributed by atoms with Crippen LogP contribution in [0, 0.1) is 0 Å². The SMILES string of the molecule is CCC(C)(C(NN)c1sccc1Cl)N1CCCC1. The van der Waals surface area contributed by atoms with E-state index in [1.54, 1.807) is 11.3 Å². The Morgan fingerprint density at radius 2 is 2.22 bits per heavy atom. The van der Waals surface area contributed by atoms with Crippen LogP contribution in [0.25, 0.3) is 0 Å². The molecule has 0 aliphatic carbocycles. The Morgan fingerprint density at radius 3 is 2.67 bits per heavy atom. The zero-order valence-corrected chi connectivity index (χ0v) is 12.7. The summed E-state index contributed by atoms with van der Waals surface area (Å²) in [5, 5.41) is 2.85. The maximum absolute atomic E-state index is 6.28. The number of halogens is 1. The molecule has 0 aromatic carbocycles. The molecule has 0 spiro atoms. The molecule has 0 radical (unpaired) electrons. The van der Waals surface area contributed by atoms with Crippen LogP contribution in [0.2, 0.25) is 5.02 Å². The molecule has 1 aliphatic heterocycles. The second-order valence-corrected chi connectivity index (χ2v) is 6.49. The molecule has 2 unspecified atom stereocenters. The third kappa shape index (κ3) is 2.45. The molecule has 5 heteroatoms. The lowest BCUT2D eigenvalue weighted by molar-refractivity contribution is 0.0854. The van der Waals surface area contributed by atoms with E-state index in [-0.39, 0.29) is 11.6 Å². The average Bonchev–Trinajstić information content (AvgIpc) is 3.02.